The molecule has 1 aliphatic rings. The molecule has 21 heavy (non-hydrogen) atoms. The fourth-order valence-corrected chi connectivity index (χ4v) is 2.32. The van der Waals surface area contributed by atoms with Crippen molar-refractivity contribution < 1.29 is 19.6 Å². The van der Waals surface area contributed by atoms with Gasteiger partial charge in [-0.05, 0) is 30.3 Å². The van der Waals surface area contributed by atoms with Gasteiger partial charge in [-0.1, -0.05) is 5.75 Å². The number of carbonyl (C=O) groups is 1. The van der Waals surface area contributed by atoms with Crippen LogP contribution in [-0.2, 0) is 4.79 Å². The molecule has 1 aromatic rings. The van der Waals surface area contributed by atoms with Crippen LogP contribution in [0.1, 0.15) is 12.5 Å². The Hall–Kier alpha value is -2.55. The molecule has 0 aromatic heterocycles. The maximum absolute atomic E-state index is 12.1. The number of rotatable bonds is 4. The van der Waals surface area contributed by atoms with Crippen LogP contribution in [0.3, 0.4) is 0 Å². The van der Waals surface area contributed by atoms with E-state index in [4.69, 9.17) is 10.5 Å². The minimum absolute atomic E-state index is 0.0200. The first kappa shape index (κ1) is 14.9. The number of thioether (sulfide) groups is 1. The van der Waals surface area contributed by atoms with Gasteiger partial charge in [-0.15, -0.1) is 0 Å². The lowest BCUT2D eigenvalue weighted by Crippen LogP contribution is -2.03. The number of carbonyl (C=O) groups excluding carboxylic acids is 1. The summed E-state index contributed by atoms with van der Waals surface area (Å²) in [6, 6.07) is 2.14. The molecule has 8 nitrogen and oxygen atoms in total. The second-order valence-corrected chi connectivity index (χ2v) is 4.98. The van der Waals surface area contributed by atoms with Gasteiger partial charge in [0.1, 0.15) is 5.75 Å². The first-order valence-electron chi connectivity index (χ1n) is 5.82. The topological polar surface area (TPSA) is 131 Å². The standard InChI is InChI=1S/C12H11N3O5S/c1-2-20-8-5-7(15(18)19)3-6(10(8)16)4-9-11(17)14-12(13)21-9/h3-5,16H,2H2,1H3,(H2,13,14,17)/p-1/b9-4+. The number of nitro groups is 1. The Labute approximate surface area is 123 Å². The van der Waals surface area contributed by atoms with Crippen molar-refractivity contribution in [2.24, 2.45) is 10.7 Å². The number of nitrogens with zero attached hydrogens (tertiary/aromatic N) is 2. The van der Waals surface area contributed by atoms with E-state index in [1.165, 1.54) is 6.08 Å². The van der Waals surface area contributed by atoms with Crippen LogP contribution < -0.4 is 15.6 Å². The van der Waals surface area contributed by atoms with Gasteiger partial charge in [0.15, 0.2) is 5.17 Å². The van der Waals surface area contributed by atoms with Gasteiger partial charge in [0.25, 0.3) is 11.6 Å². The number of amides is 1. The van der Waals surface area contributed by atoms with E-state index in [2.05, 4.69) is 4.99 Å². The molecular formula is C12H10N3O5S-. The Morgan fingerprint density at radius 2 is 2.24 bits per heavy atom. The van der Waals surface area contributed by atoms with Crippen molar-refractivity contribution in [3.8, 4) is 11.5 Å². The molecule has 110 valence electrons. The van der Waals surface area contributed by atoms with E-state index in [0.29, 0.717) is 0 Å². The van der Waals surface area contributed by atoms with Crippen molar-refractivity contribution in [1.82, 2.24) is 0 Å². The highest BCUT2D eigenvalue weighted by Crippen LogP contribution is 2.36. The van der Waals surface area contributed by atoms with E-state index in [0.717, 1.165) is 23.9 Å². The van der Waals surface area contributed by atoms with Crippen LogP contribution in [0, 0.1) is 10.1 Å². The molecule has 9 heteroatoms. The number of benzene rings is 1. The Morgan fingerprint density at radius 1 is 1.52 bits per heavy atom. The van der Waals surface area contributed by atoms with Crippen LogP contribution in [-0.4, -0.2) is 22.6 Å². The fourth-order valence-electron chi connectivity index (χ4n) is 1.65. The lowest BCUT2D eigenvalue weighted by molar-refractivity contribution is -0.385. The number of nitro benzene ring substituents is 1. The quantitative estimate of drug-likeness (QED) is 0.498. The smallest absolute Gasteiger partial charge is 0.286 e. The molecule has 0 unspecified atom stereocenters. The molecule has 0 saturated carbocycles. The zero-order valence-corrected chi connectivity index (χ0v) is 11.7. The van der Waals surface area contributed by atoms with Gasteiger partial charge >= 0.3 is 0 Å². The SMILES string of the molecule is CCOc1cc([N+](=O)[O-])cc(/C=C2/SC(N)=NC2=O)c1[O-]. The third-order valence-electron chi connectivity index (χ3n) is 2.50. The maximum Gasteiger partial charge on any atom is 0.286 e. The van der Waals surface area contributed by atoms with Crippen LogP contribution in [0.25, 0.3) is 6.08 Å². The van der Waals surface area contributed by atoms with E-state index in [1.54, 1.807) is 6.92 Å². The van der Waals surface area contributed by atoms with E-state index < -0.39 is 16.6 Å². The molecular weight excluding hydrogens is 298 g/mol. The summed E-state index contributed by atoms with van der Waals surface area (Å²) in [5, 5.41) is 23.1. The minimum Gasteiger partial charge on any atom is -0.870 e. The highest BCUT2D eigenvalue weighted by molar-refractivity contribution is 8.18. The summed E-state index contributed by atoms with van der Waals surface area (Å²) >= 11 is 0.900. The van der Waals surface area contributed by atoms with Crippen molar-refractivity contribution in [2.75, 3.05) is 6.61 Å². The number of hydrogen-bond donors (Lipinski definition) is 1. The number of hydrogen-bond acceptors (Lipinski definition) is 7. The number of non-ortho nitro benzene ring substituents is 1. The minimum atomic E-state index is -0.640. The molecule has 1 aliphatic heterocycles. The third kappa shape index (κ3) is 3.14. The first-order chi connectivity index (χ1) is 9.92. The lowest BCUT2D eigenvalue weighted by Gasteiger charge is -2.16. The van der Waals surface area contributed by atoms with E-state index in [9.17, 15) is 20.0 Å². The van der Waals surface area contributed by atoms with Gasteiger partial charge < -0.3 is 15.6 Å². The first-order valence-corrected chi connectivity index (χ1v) is 6.64. The summed E-state index contributed by atoms with van der Waals surface area (Å²) in [4.78, 5) is 25.4. The Bertz CT molecular complexity index is 684. The summed E-state index contributed by atoms with van der Waals surface area (Å²) in [7, 11) is 0. The van der Waals surface area contributed by atoms with Crippen LogP contribution in [0.15, 0.2) is 22.0 Å². The molecule has 0 fully saturated rings. The normalized spacial score (nSPS) is 16.1. The molecule has 0 spiro atoms. The van der Waals surface area contributed by atoms with E-state index in [1.807, 2.05) is 0 Å². The molecule has 0 atom stereocenters. The molecule has 2 rings (SSSR count). The average molecular weight is 308 g/mol. The Kier molecular flexibility index (Phi) is 4.13. The second kappa shape index (κ2) is 5.83. The second-order valence-electron chi connectivity index (χ2n) is 3.92. The predicted octanol–water partition coefficient (Wildman–Crippen LogP) is 0.996. The highest BCUT2D eigenvalue weighted by atomic mass is 32.2. The van der Waals surface area contributed by atoms with Gasteiger partial charge in [0.05, 0.1) is 22.5 Å². The molecule has 1 heterocycles. The van der Waals surface area contributed by atoms with E-state index in [-0.39, 0.29) is 33.7 Å². The third-order valence-corrected chi connectivity index (χ3v) is 3.32. The Morgan fingerprint density at radius 3 is 2.76 bits per heavy atom. The molecule has 0 aliphatic carbocycles. The van der Waals surface area contributed by atoms with Gasteiger partial charge in [-0.3, -0.25) is 14.9 Å². The van der Waals surface area contributed by atoms with Crippen molar-refractivity contribution >= 4 is 34.6 Å². The van der Waals surface area contributed by atoms with Crippen molar-refractivity contribution in [3.05, 3.63) is 32.7 Å². The number of aliphatic imine (C=N–C) groups is 1. The largest absolute Gasteiger partial charge is 0.870 e. The zero-order chi connectivity index (χ0) is 15.6. The van der Waals surface area contributed by atoms with Crippen molar-refractivity contribution in [3.63, 3.8) is 0 Å². The number of ether oxygens (including phenoxy) is 1. The van der Waals surface area contributed by atoms with Gasteiger partial charge in [0, 0.05) is 6.07 Å². The van der Waals surface area contributed by atoms with Crippen LogP contribution in [0.5, 0.6) is 11.5 Å². The lowest BCUT2D eigenvalue weighted by atomic mass is 10.1. The fraction of sp³-hybridized carbons (Fsp3) is 0.167. The summed E-state index contributed by atoms with van der Waals surface area (Å²) < 4.78 is 5.09. The van der Waals surface area contributed by atoms with Crippen molar-refractivity contribution in [1.29, 1.82) is 0 Å². The van der Waals surface area contributed by atoms with Crippen LogP contribution >= 0.6 is 11.8 Å². The summed E-state index contributed by atoms with van der Waals surface area (Å²) in [6.07, 6.45) is 1.23. The number of nitrogens with two attached hydrogens (primary N) is 1. The molecule has 0 bridgehead atoms. The van der Waals surface area contributed by atoms with Crippen LogP contribution in [0.4, 0.5) is 5.69 Å². The summed E-state index contributed by atoms with van der Waals surface area (Å²) in [6.45, 7) is 1.84. The van der Waals surface area contributed by atoms with E-state index >= 15 is 0 Å². The monoisotopic (exact) mass is 308 g/mol. The van der Waals surface area contributed by atoms with Crippen LogP contribution in [0.2, 0.25) is 0 Å². The summed E-state index contributed by atoms with van der Waals surface area (Å²) in [5.74, 6) is -1.25. The molecule has 2 N–H and O–H groups in total. The van der Waals surface area contributed by atoms with Crippen molar-refractivity contribution in [2.45, 2.75) is 6.92 Å². The van der Waals surface area contributed by atoms with Gasteiger partial charge in [-0.25, -0.2) is 0 Å². The van der Waals surface area contributed by atoms with Gasteiger partial charge in [-0.2, -0.15) is 4.99 Å². The summed E-state index contributed by atoms with van der Waals surface area (Å²) in [5.41, 5.74) is 5.09. The number of amidine groups is 1. The average Bonchev–Trinajstić information content (AvgIpc) is 2.72. The molecule has 1 amide bonds. The molecule has 0 radical (unpaired) electrons. The predicted molar refractivity (Wildman–Crippen MR) is 75.9 cm³/mol. The zero-order valence-electron chi connectivity index (χ0n) is 10.9. The molecule has 1 aromatic carbocycles. The maximum atomic E-state index is 12.1. The van der Waals surface area contributed by atoms with Gasteiger partial charge in [0.2, 0.25) is 0 Å². The Balaban J connectivity index is 2.50. The molecule has 0 saturated heterocycles. The highest BCUT2D eigenvalue weighted by Gasteiger charge is 2.20.